The van der Waals surface area contributed by atoms with Crippen LogP contribution < -0.4 is 10.6 Å². The van der Waals surface area contributed by atoms with Gasteiger partial charge in [-0.2, -0.15) is 0 Å². The van der Waals surface area contributed by atoms with Crippen LogP contribution in [0.5, 0.6) is 0 Å². The summed E-state index contributed by atoms with van der Waals surface area (Å²) in [6.45, 7) is 9.55. The summed E-state index contributed by atoms with van der Waals surface area (Å²) in [5.41, 5.74) is 0.855. The molecule has 1 fully saturated rings. The van der Waals surface area contributed by atoms with Crippen molar-refractivity contribution in [3.05, 3.63) is 47.5 Å². The standard InChI is InChI=1S/C26H38N2O6/c1-6-19(23(29)32-7-2)15-20-16-21(27-25(31)34-26(3,4)5)13-14-22(20)28-24(30)33-17-18-11-9-8-10-12-18/h8-12,15,20-22H,6-7,13-14,16-17H2,1-5H3,(H,27,31)(H,28,30)/b19-15+/t20-,21-,22+/m1/s1. The Bertz CT molecular complexity index is 847. The average molecular weight is 475 g/mol. The van der Waals surface area contributed by atoms with Crippen LogP contribution in [0.25, 0.3) is 0 Å². The minimum absolute atomic E-state index is 0.144. The molecule has 188 valence electrons. The molecule has 0 aliphatic heterocycles. The van der Waals surface area contributed by atoms with E-state index in [9.17, 15) is 14.4 Å². The van der Waals surface area contributed by atoms with Crippen LogP contribution in [0.1, 0.15) is 65.9 Å². The third-order valence-electron chi connectivity index (χ3n) is 5.47. The molecule has 1 saturated carbocycles. The van der Waals surface area contributed by atoms with E-state index in [-0.39, 0.29) is 37.2 Å². The smallest absolute Gasteiger partial charge is 0.407 e. The van der Waals surface area contributed by atoms with Gasteiger partial charge in [-0.25, -0.2) is 14.4 Å². The Kier molecular flexibility index (Phi) is 10.4. The highest BCUT2D eigenvalue weighted by atomic mass is 16.6. The Balaban J connectivity index is 2.09. The molecule has 0 spiro atoms. The Morgan fingerprint density at radius 1 is 1.00 bits per heavy atom. The first kappa shape index (κ1) is 27.2. The summed E-state index contributed by atoms with van der Waals surface area (Å²) in [6, 6.07) is 9.07. The zero-order valence-electron chi connectivity index (χ0n) is 20.9. The topological polar surface area (TPSA) is 103 Å². The quantitative estimate of drug-likeness (QED) is 0.316. The van der Waals surface area contributed by atoms with E-state index in [0.29, 0.717) is 31.3 Å². The highest BCUT2D eigenvalue weighted by Gasteiger charge is 2.33. The number of alkyl carbamates (subject to hydrolysis) is 2. The molecule has 0 heterocycles. The zero-order valence-corrected chi connectivity index (χ0v) is 20.9. The minimum atomic E-state index is -0.593. The molecule has 2 rings (SSSR count). The number of carbonyl (C=O) groups excluding carboxylic acids is 3. The highest BCUT2D eigenvalue weighted by Crippen LogP contribution is 2.28. The Morgan fingerprint density at radius 2 is 1.71 bits per heavy atom. The SMILES string of the molecule is CCOC(=O)/C(=C/[C@@H]1C[C@H](NC(=O)OC(C)(C)C)CC[C@@H]1NC(=O)OCc1ccccc1)CC. The number of esters is 1. The normalized spacial score (nSPS) is 20.7. The minimum Gasteiger partial charge on any atom is -0.463 e. The lowest BCUT2D eigenvalue weighted by Gasteiger charge is -2.36. The van der Waals surface area contributed by atoms with E-state index in [4.69, 9.17) is 14.2 Å². The average Bonchev–Trinajstić information content (AvgIpc) is 2.77. The number of hydrogen-bond donors (Lipinski definition) is 2. The second kappa shape index (κ2) is 13.0. The summed E-state index contributed by atoms with van der Waals surface area (Å²) in [5.74, 6) is -0.546. The van der Waals surface area contributed by atoms with Crippen LogP contribution in [-0.2, 0) is 25.6 Å². The van der Waals surface area contributed by atoms with Crippen molar-refractivity contribution in [2.75, 3.05) is 6.61 Å². The summed E-state index contributed by atoms with van der Waals surface area (Å²) in [7, 11) is 0. The van der Waals surface area contributed by atoms with Crippen molar-refractivity contribution in [1.29, 1.82) is 0 Å². The van der Waals surface area contributed by atoms with Gasteiger partial charge in [0.15, 0.2) is 0 Å². The monoisotopic (exact) mass is 474 g/mol. The molecule has 8 heteroatoms. The second-order valence-corrected chi connectivity index (χ2v) is 9.40. The van der Waals surface area contributed by atoms with Gasteiger partial charge in [-0.05, 0) is 64.9 Å². The number of rotatable bonds is 8. The molecule has 1 aliphatic carbocycles. The van der Waals surface area contributed by atoms with Crippen LogP contribution in [0.15, 0.2) is 42.0 Å². The maximum Gasteiger partial charge on any atom is 0.407 e. The van der Waals surface area contributed by atoms with Gasteiger partial charge in [0.1, 0.15) is 12.2 Å². The van der Waals surface area contributed by atoms with Gasteiger partial charge in [0.2, 0.25) is 0 Å². The van der Waals surface area contributed by atoms with Gasteiger partial charge in [0.05, 0.1) is 6.61 Å². The molecule has 1 aromatic carbocycles. The number of amides is 2. The molecule has 1 aromatic rings. The molecule has 2 amide bonds. The van der Waals surface area contributed by atoms with E-state index >= 15 is 0 Å². The molecular formula is C26H38N2O6. The maximum atomic E-state index is 12.5. The zero-order chi connectivity index (χ0) is 25.1. The fourth-order valence-corrected chi connectivity index (χ4v) is 3.90. The van der Waals surface area contributed by atoms with Gasteiger partial charge in [0.25, 0.3) is 0 Å². The molecule has 8 nitrogen and oxygen atoms in total. The van der Waals surface area contributed by atoms with Gasteiger partial charge in [-0.1, -0.05) is 43.3 Å². The van der Waals surface area contributed by atoms with Crippen LogP contribution >= 0.6 is 0 Å². The molecule has 1 aliphatic rings. The van der Waals surface area contributed by atoms with Gasteiger partial charge < -0.3 is 24.8 Å². The lowest BCUT2D eigenvalue weighted by Crippen LogP contribution is -2.49. The number of hydrogen-bond acceptors (Lipinski definition) is 6. The molecule has 2 N–H and O–H groups in total. The summed E-state index contributed by atoms with van der Waals surface area (Å²) >= 11 is 0. The molecular weight excluding hydrogens is 436 g/mol. The predicted molar refractivity (Wildman–Crippen MR) is 129 cm³/mol. The molecule has 3 atom stereocenters. The first-order valence-electron chi connectivity index (χ1n) is 12.0. The predicted octanol–water partition coefficient (Wildman–Crippen LogP) is 4.87. The lowest BCUT2D eigenvalue weighted by molar-refractivity contribution is -0.138. The molecule has 34 heavy (non-hydrogen) atoms. The first-order valence-corrected chi connectivity index (χ1v) is 12.0. The fraction of sp³-hybridized carbons (Fsp3) is 0.577. The highest BCUT2D eigenvalue weighted by molar-refractivity contribution is 5.88. The van der Waals surface area contributed by atoms with Crippen molar-refractivity contribution >= 4 is 18.2 Å². The van der Waals surface area contributed by atoms with Crippen molar-refractivity contribution in [3.8, 4) is 0 Å². The van der Waals surface area contributed by atoms with E-state index in [1.54, 1.807) is 6.92 Å². The largest absolute Gasteiger partial charge is 0.463 e. The lowest BCUT2D eigenvalue weighted by atomic mass is 9.80. The van der Waals surface area contributed by atoms with Gasteiger partial charge >= 0.3 is 18.2 Å². The van der Waals surface area contributed by atoms with Crippen LogP contribution in [-0.4, -0.2) is 42.4 Å². The van der Waals surface area contributed by atoms with Crippen molar-refractivity contribution in [2.24, 2.45) is 5.92 Å². The van der Waals surface area contributed by atoms with Gasteiger partial charge in [-0.15, -0.1) is 0 Å². The van der Waals surface area contributed by atoms with Crippen molar-refractivity contribution in [3.63, 3.8) is 0 Å². The molecule has 0 aromatic heterocycles. The van der Waals surface area contributed by atoms with Crippen molar-refractivity contribution in [1.82, 2.24) is 10.6 Å². The van der Waals surface area contributed by atoms with Gasteiger partial charge in [0, 0.05) is 17.7 Å². The summed E-state index contributed by atoms with van der Waals surface area (Å²) in [4.78, 5) is 37.1. The van der Waals surface area contributed by atoms with Crippen LogP contribution in [0, 0.1) is 5.92 Å². The van der Waals surface area contributed by atoms with Crippen LogP contribution in [0.4, 0.5) is 9.59 Å². The van der Waals surface area contributed by atoms with E-state index in [1.165, 1.54) is 0 Å². The van der Waals surface area contributed by atoms with Gasteiger partial charge in [-0.3, -0.25) is 0 Å². The molecule has 0 bridgehead atoms. The van der Waals surface area contributed by atoms with E-state index in [1.807, 2.05) is 64.1 Å². The van der Waals surface area contributed by atoms with E-state index < -0.39 is 17.8 Å². The molecule has 0 radical (unpaired) electrons. The molecule has 0 unspecified atom stereocenters. The Hall–Kier alpha value is -3.03. The third kappa shape index (κ3) is 9.45. The number of ether oxygens (including phenoxy) is 3. The van der Waals surface area contributed by atoms with E-state index in [0.717, 1.165) is 5.56 Å². The van der Waals surface area contributed by atoms with E-state index in [2.05, 4.69) is 10.6 Å². The number of carbonyl (C=O) groups is 3. The van der Waals surface area contributed by atoms with Crippen molar-refractivity contribution in [2.45, 2.75) is 84.6 Å². The summed E-state index contributed by atoms with van der Waals surface area (Å²) in [5, 5.41) is 5.87. The second-order valence-electron chi connectivity index (χ2n) is 9.40. The first-order chi connectivity index (χ1) is 16.1. The Labute approximate surface area is 202 Å². The summed E-state index contributed by atoms with van der Waals surface area (Å²) < 4.78 is 16.0. The maximum absolute atomic E-state index is 12.5. The fourth-order valence-electron chi connectivity index (χ4n) is 3.90. The van der Waals surface area contributed by atoms with Crippen LogP contribution in [0.2, 0.25) is 0 Å². The van der Waals surface area contributed by atoms with Crippen molar-refractivity contribution < 1.29 is 28.6 Å². The number of benzene rings is 1. The molecule has 0 saturated heterocycles. The summed E-state index contributed by atoms with van der Waals surface area (Å²) in [6.07, 6.45) is 3.20. The Morgan fingerprint density at radius 3 is 2.32 bits per heavy atom. The van der Waals surface area contributed by atoms with Crippen LogP contribution in [0.3, 0.4) is 0 Å². The third-order valence-corrected chi connectivity index (χ3v) is 5.47. The number of nitrogens with one attached hydrogen (secondary N) is 2.